The summed E-state index contributed by atoms with van der Waals surface area (Å²) in [6, 6.07) is 3.45. The first-order valence-corrected chi connectivity index (χ1v) is 9.87. The standard InChI is InChI=1S/C17H15F2N5O2S2/c18-9-3-1-4-10(19)12(9)17-24-13(14(20)28-17)15(26)23-11-7-21-8-22-16(11)27-6-2-5-25/h1,3-4,7-8,25H,2,5-6,20H2,(H,23,26). The van der Waals surface area contributed by atoms with Crippen LogP contribution >= 0.6 is 23.1 Å². The van der Waals surface area contributed by atoms with Crippen LogP contribution in [0.1, 0.15) is 16.9 Å². The maximum absolute atomic E-state index is 14.0. The molecule has 0 unspecified atom stereocenters. The summed E-state index contributed by atoms with van der Waals surface area (Å²) in [5.41, 5.74) is 5.73. The van der Waals surface area contributed by atoms with E-state index in [0.29, 0.717) is 22.9 Å². The van der Waals surface area contributed by atoms with Crippen LogP contribution in [0.4, 0.5) is 19.5 Å². The minimum Gasteiger partial charge on any atom is -0.396 e. The maximum atomic E-state index is 14.0. The number of rotatable bonds is 7. The van der Waals surface area contributed by atoms with Crippen LogP contribution in [-0.2, 0) is 0 Å². The van der Waals surface area contributed by atoms with Crippen molar-refractivity contribution in [2.45, 2.75) is 11.4 Å². The predicted octanol–water partition coefficient (Wildman–Crippen LogP) is 3.19. The van der Waals surface area contributed by atoms with E-state index in [4.69, 9.17) is 10.8 Å². The topological polar surface area (TPSA) is 114 Å². The smallest absolute Gasteiger partial charge is 0.277 e. The molecule has 0 spiro atoms. The van der Waals surface area contributed by atoms with Crippen molar-refractivity contribution in [2.24, 2.45) is 0 Å². The van der Waals surface area contributed by atoms with Gasteiger partial charge in [-0.05, 0) is 18.6 Å². The first-order chi connectivity index (χ1) is 13.5. The molecule has 0 saturated carbocycles. The summed E-state index contributed by atoms with van der Waals surface area (Å²) in [7, 11) is 0. The number of hydrogen-bond acceptors (Lipinski definition) is 8. The Morgan fingerprint density at radius 2 is 2.07 bits per heavy atom. The van der Waals surface area contributed by atoms with Crippen molar-refractivity contribution in [3.8, 4) is 10.6 Å². The van der Waals surface area contributed by atoms with Gasteiger partial charge in [0.2, 0.25) is 0 Å². The lowest BCUT2D eigenvalue weighted by atomic mass is 10.2. The number of hydrogen-bond donors (Lipinski definition) is 3. The zero-order chi connectivity index (χ0) is 20.1. The van der Waals surface area contributed by atoms with Crippen molar-refractivity contribution in [3.05, 3.63) is 48.1 Å². The van der Waals surface area contributed by atoms with Gasteiger partial charge in [-0.2, -0.15) is 0 Å². The first kappa shape index (κ1) is 20.1. The molecule has 3 rings (SSSR count). The number of thiazole rings is 1. The van der Waals surface area contributed by atoms with E-state index in [1.165, 1.54) is 30.4 Å². The van der Waals surface area contributed by atoms with Crippen LogP contribution in [0, 0.1) is 11.6 Å². The molecule has 0 atom stereocenters. The van der Waals surface area contributed by atoms with Crippen LogP contribution in [0.15, 0.2) is 35.7 Å². The Morgan fingerprint density at radius 1 is 1.32 bits per heavy atom. The van der Waals surface area contributed by atoms with Crippen molar-refractivity contribution in [2.75, 3.05) is 23.4 Å². The number of anilines is 2. The van der Waals surface area contributed by atoms with Gasteiger partial charge in [0.15, 0.2) is 5.69 Å². The number of halogens is 2. The third kappa shape index (κ3) is 4.43. The number of nitrogens with two attached hydrogens (primary N) is 1. The van der Waals surface area contributed by atoms with E-state index in [2.05, 4.69) is 20.3 Å². The van der Waals surface area contributed by atoms with Crippen LogP contribution in [0.3, 0.4) is 0 Å². The second-order valence-corrected chi connectivity index (χ2v) is 7.56. The molecule has 28 heavy (non-hydrogen) atoms. The quantitative estimate of drug-likeness (QED) is 0.304. The second-order valence-electron chi connectivity index (χ2n) is 5.45. The number of carbonyl (C=O) groups excluding carboxylic acids is 1. The molecule has 0 saturated heterocycles. The fraction of sp³-hybridized carbons (Fsp3) is 0.176. The molecule has 3 aromatic rings. The fourth-order valence-corrected chi connectivity index (χ4v) is 3.96. The average molecular weight is 423 g/mol. The summed E-state index contributed by atoms with van der Waals surface area (Å²) in [6.07, 6.45) is 3.33. The number of thioether (sulfide) groups is 1. The first-order valence-electron chi connectivity index (χ1n) is 8.07. The Morgan fingerprint density at radius 3 is 2.79 bits per heavy atom. The van der Waals surface area contributed by atoms with Gasteiger partial charge in [-0.1, -0.05) is 17.4 Å². The van der Waals surface area contributed by atoms with Crippen molar-refractivity contribution >= 4 is 39.7 Å². The van der Waals surface area contributed by atoms with Crippen molar-refractivity contribution in [1.82, 2.24) is 15.0 Å². The number of aromatic nitrogens is 3. The monoisotopic (exact) mass is 423 g/mol. The summed E-state index contributed by atoms with van der Waals surface area (Å²) < 4.78 is 27.9. The number of aliphatic hydroxyl groups excluding tert-OH is 1. The molecule has 0 aliphatic rings. The molecule has 2 heterocycles. The SMILES string of the molecule is Nc1sc(-c2c(F)cccc2F)nc1C(=O)Nc1cncnc1SCCCO. The van der Waals surface area contributed by atoms with E-state index in [1.54, 1.807) is 0 Å². The Kier molecular flexibility index (Phi) is 6.49. The molecule has 146 valence electrons. The van der Waals surface area contributed by atoms with Gasteiger partial charge >= 0.3 is 0 Å². The van der Waals surface area contributed by atoms with Gasteiger partial charge in [-0.3, -0.25) is 4.79 Å². The van der Waals surface area contributed by atoms with E-state index >= 15 is 0 Å². The van der Waals surface area contributed by atoms with E-state index in [-0.39, 0.29) is 27.9 Å². The summed E-state index contributed by atoms with van der Waals surface area (Å²) in [5.74, 6) is -1.62. The maximum Gasteiger partial charge on any atom is 0.277 e. The molecule has 1 aromatic carbocycles. The second kappa shape index (κ2) is 9.04. The van der Waals surface area contributed by atoms with Gasteiger partial charge in [0.1, 0.15) is 33.0 Å². The van der Waals surface area contributed by atoms with Gasteiger partial charge in [-0.25, -0.2) is 23.7 Å². The predicted molar refractivity (Wildman–Crippen MR) is 104 cm³/mol. The third-order valence-corrected chi connectivity index (χ3v) is 5.50. The normalized spacial score (nSPS) is 10.8. The number of nitrogens with one attached hydrogen (secondary N) is 1. The minimum absolute atomic E-state index is 0.0277. The van der Waals surface area contributed by atoms with E-state index in [0.717, 1.165) is 23.5 Å². The zero-order valence-corrected chi connectivity index (χ0v) is 16.0. The van der Waals surface area contributed by atoms with Gasteiger partial charge in [0, 0.05) is 12.4 Å². The molecule has 7 nitrogen and oxygen atoms in total. The van der Waals surface area contributed by atoms with Gasteiger partial charge in [0.25, 0.3) is 5.91 Å². The molecule has 0 aliphatic carbocycles. The molecule has 1 amide bonds. The highest BCUT2D eigenvalue weighted by Gasteiger charge is 2.22. The highest BCUT2D eigenvalue weighted by atomic mass is 32.2. The number of nitrogens with zero attached hydrogens (tertiary/aromatic N) is 3. The number of aliphatic hydroxyl groups is 1. The number of carbonyl (C=O) groups is 1. The fourth-order valence-electron chi connectivity index (χ4n) is 2.24. The number of benzene rings is 1. The van der Waals surface area contributed by atoms with E-state index in [9.17, 15) is 13.6 Å². The summed E-state index contributed by atoms with van der Waals surface area (Å²) >= 11 is 2.16. The molecular formula is C17H15F2N5O2S2. The molecule has 11 heteroatoms. The van der Waals surface area contributed by atoms with Crippen molar-refractivity contribution < 1.29 is 18.7 Å². The third-order valence-electron chi connectivity index (χ3n) is 3.51. The Balaban J connectivity index is 1.84. The Bertz CT molecular complexity index is 979. The molecular weight excluding hydrogens is 408 g/mol. The molecule has 0 aliphatic heterocycles. The molecule has 0 radical (unpaired) electrons. The van der Waals surface area contributed by atoms with Gasteiger partial charge < -0.3 is 16.2 Å². The Labute approximate surface area is 167 Å². The van der Waals surface area contributed by atoms with Crippen molar-refractivity contribution in [3.63, 3.8) is 0 Å². The lowest BCUT2D eigenvalue weighted by Crippen LogP contribution is -2.15. The minimum atomic E-state index is -0.792. The molecule has 0 bridgehead atoms. The lowest BCUT2D eigenvalue weighted by Gasteiger charge is -2.08. The number of amides is 1. The zero-order valence-electron chi connectivity index (χ0n) is 14.4. The summed E-state index contributed by atoms with van der Waals surface area (Å²) in [4.78, 5) is 24.6. The van der Waals surface area contributed by atoms with Crippen LogP contribution in [0.25, 0.3) is 10.6 Å². The van der Waals surface area contributed by atoms with Gasteiger partial charge in [-0.15, -0.1) is 11.8 Å². The van der Waals surface area contributed by atoms with Gasteiger partial charge in [0.05, 0.1) is 17.4 Å². The lowest BCUT2D eigenvalue weighted by molar-refractivity contribution is 0.102. The molecule has 0 fully saturated rings. The van der Waals surface area contributed by atoms with Crippen LogP contribution in [-0.4, -0.2) is 38.3 Å². The summed E-state index contributed by atoms with van der Waals surface area (Å²) in [5, 5.41) is 12.0. The highest BCUT2D eigenvalue weighted by Crippen LogP contribution is 2.34. The molecule has 2 aromatic heterocycles. The number of nitrogen functional groups attached to an aromatic ring is 1. The Hall–Kier alpha value is -2.63. The van der Waals surface area contributed by atoms with Crippen LogP contribution in [0.5, 0.6) is 0 Å². The largest absolute Gasteiger partial charge is 0.396 e. The van der Waals surface area contributed by atoms with Crippen molar-refractivity contribution in [1.29, 1.82) is 0 Å². The average Bonchev–Trinajstić information content (AvgIpc) is 3.04. The van der Waals surface area contributed by atoms with Crippen LogP contribution < -0.4 is 11.1 Å². The molecule has 4 N–H and O–H groups in total. The van der Waals surface area contributed by atoms with E-state index < -0.39 is 17.5 Å². The van der Waals surface area contributed by atoms with Crippen LogP contribution in [0.2, 0.25) is 0 Å². The highest BCUT2D eigenvalue weighted by molar-refractivity contribution is 7.99. The summed E-state index contributed by atoms with van der Waals surface area (Å²) in [6.45, 7) is 0.0461. The van der Waals surface area contributed by atoms with E-state index in [1.807, 2.05) is 0 Å².